The van der Waals surface area contributed by atoms with Crippen LogP contribution >= 0.6 is 11.6 Å². The molecule has 4 atom stereocenters. The van der Waals surface area contributed by atoms with Crippen LogP contribution in [0.25, 0.3) is 0 Å². The summed E-state index contributed by atoms with van der Waals surface area (Å²) in [5, 5.41) is 0.529. The van der Waals surface area contributed by atoms with E-state index in [0.29, 0.717) is 10.7 Å². The predicted octanol–water partition coefficient (Wildman–Crippen LogP) is 3.60. The number of fused-ring (bicyclic) bond motifs is 5. The van der Waals surface area contributed by atoms with Gasteiger partial charge in [0, 0.05) is 16.9 Å². The van der Waals surface area contributed by atoms with E-state index in [-0.39, 0.29) is 35.5 Å². The number of rotatable bonds is 1. The maximum absolute atomic E-state index is 12.9. The van der Waals surface area contributed by atoms with E-state index < -0.39 is 0 Å². The van der Waals surface area contributed by atoms with Crippen LogP contribution in [0.5, 0.6) is 0 Å². The number of anilines is 1. The molecule has 2 amide bonds. The molecule has 2 bridgehead atoms. The second kappa shape index (κ2) is 4.56. The zero-order valence-corrected chi connectivity index (χ0v) is 13.2. The molecule has 0 N–H and O–H groups in total. The SMILES string of the molecule is CC(C)=C1[C@@H]2C=C[C@@H]1[C@@H]1C(=O)N(c3cccc(Cl)c3)C(=O)[C@H]12. The highest BCUT2D eigenvalue weighted by molar-refractivity contribution is 6.31. The van der Waals surface area contributed by atoms with Crippen molar-refractivity contribution in [2.75, 3.05) is 4.90 Å². The minimum atomic E-state index is -0.244. The molecule has 4 rings (SSSR count). The molecule has 0 unspecified atom stereocenters. The van der Waals surface area contributed by atoms with Gasteiger partial charge in [0.15, 0.2) is 0 Å². The lowest BCUT2D eigenvalue weighted by Crippen LogP contribution is -2.33. The van der Waals surface area contributed by atoms with Gasteiger partial charge in [-0.3, -0.25) is 9.59 Å². The minimum absolute atomic E-state index is 0.0839. The molecule has 112 valence electrons. The van der Waals surface area contributed by atoms with Gasteiger partial charge in [0.1, 0.15) is 0 Å². The van der Waals surface area contributed by atoms with Gasteiger partial charge in [0.2, 0.25) is 11.8 Å². The Labute approximate surface area is 134 Å². The number of nitrogens with zero attached hydrogens (tertiary/aromatic N) is 1. The van der Waals surface area contributed by atoms with E-state index in [9.17, 15) is 9.59 Å². The Morgan fingerprint density at radius 1 is 1.05 bits per heavy atom. The standard InChI is InChI=1S/C18H16ClNO2/c1-9(2)14-12-6-7-13(14)16-15(12)17(21)20(18(16)22)11-5-3-4-10(19)8-11/h3-8,12-13,15-16H,1-2H3/t12-,13-,15-,16-/m0/s1. The van der Waals surface area contributed by atoms with Gasteiger partial charge in [0.25, 0.3) is 0 Å². The van der Waals surface area contributed by atoms with Gasteiger partial charge in [-0.1, -0.05) is 41.0 Å². The lowest BCUT2D eigenvalue weighted by molar-refractivity contribution is -0.122. The van der Waals surface area contributed by atoms with Crippen molar-refractivity contribution in [3.05, 3.63) is 52.6 Å². The van der Waals surface area contributed by atoms with Gasteiger partial charge in [-0.2, -0.15) is 0 Å². The number of hydrogen-bond donors (Lipinski definition) is 0. The van der Waals surface area contributed by atoms with Crippen molar-refractivity contribution < 1.29 is 9.59 Å². The second-order valence-corrected chi connectivity index (χ2v) is 6.87. The van der Waals surface area contributed by atoms with Gasteiger partial charge in [-0.15, -0.1) is 0 Å². The van der Waals surface area contributed by atoms with Gasteiger partial charge in [-0.05, 0) is 32.0 Å². The molecular formula is C18H16ClNO2. The summed E-state index contributed by atoms with van der Waals surface area (Å²) in [5.74, 6) is -0.500. The fourth-order valence-corrected chi connectivity index (χ4v) is 4.48. The number of carbonyl (C=O) groups is 2. The first-order valence-corrected chi connectivity index (χ1v) is 7.87. The molecular weight excluding hydrogens is 298 g/mol. The summed E-state index contributed by atoms with van der Waals surface area (Å²) >= 11 is 6.00. The molecule has 1 heterocycles. The number of carbonyl (C=O) groups excluding carboxylic acids is 2. The molecule has 3 aliphatic rings. The number of hydrogen-bond acceptors (Lipinski definition) is 2. The molecule has 22 heavy (non-hydrogen) atoms. The number of benzene rings is 1. The Morgan fingerprint density at radius 2 is 1.64 bits per heavy atom. The normalized spacial score (nSPS) is 32.1. The van der Waals surface area contributed by atoms with Crippen molar-refractivity contribution in [3.63, 3.8) is 0 Å². The fraction of sp³-hybridized carbons (Fsp3) is 0.333. The zero-order chi connectivity index (χ0) is 15.6. The summed E-state index contributed by atoms with van der Waals surface area (Å²) in [7, 11) is 0. The van der Waals surface area contributed by atoms with Crippen LogP contribution in [0.1, 0.15) is 13.8 Å². The first kappa shape index (κ1) is 13.8. The highest BCUT2D eigenvalue weighted by atomic mass is 35.5. The van der Waals surface area contributed by atoms with Crippen LogP contribution in [0.4, 0.5) is 5.69 Å². The van der Waals surface area contributed by atoms with Crippen molar-refractivity contribution in [2.24, 2.45) is 23.7 Å². The van der Waals surface area contributed by atoms with E-state index in [1.54, 1.807) is 24.3 Å². The van der Waals surface area contributed by atoms with E-state index >= 15 is 0 Å². The predicted molar refractivity (Wildman–Crippen MR) is 85.4 cm³/mol. The molecule has 3 nitrogen and oxygen atoms in total. The van der Waals surface area contributed by atoms with Crippen LogP contribution in [-0.2, 0) is 9.59 Å². The highest BCUT2D eigenvalue weighted by Gasteiger charge is 2.61. The summed E-state index contributed by atoms with van der Waals surface area (Å²) in [6.07, 6.45) is 4.20. The van der Waals surface area contributed by atoms with Crippen molar-refractivity contribution in [1.82, 2.24) is 0 Å². The monoisotopic (exact) mass is 313 g/mol. The van der Waals surface area contributed by atoms with Crippen molar-refractivity contribution in [2.45, 2.75) is 13.8 Å². The summed E-state index contributed by atoms with van der Waals surface area (Å²) in [4.78, 5) is 27.1. The van der Waals surface area contributed by atoms with Gasteiger partial charge >= 0.3 is 0 Å². The van der Waals surface area contributed by atoms with Crippen LogP contribution < -0.4 is 4.90 Å². The second-order valence-electron chi connectivity index (χ2n) is 6.44. The van der Waals surface area contributed by atoms with E-state index in [1.807, 2.05) is 0 Å². The van der Waals surface area contributed by atoms with E-state index in [4.69, 9.17) is 11.6 Å². The van der Waals surface area contributed by atoms with Crippen molar-refractivity contribution in [1.29, 1.82) is 0 Å². The molecule has 1 aromatic rings. The van der Waals surface area contributed by atoms with Crippen LogP contribution in [0.2, 0.25) is 5.02 Å². The molecule has 2 aliphatic carbocycles. The lowest BCUT2D eigenvalue weighted by Gasteiger charge is -2.19. The molecule has 2 fully saturated rings. The summed E-state index contributed by atoms with van der Waals surface area (Å²) in [6.45, 7) is 4.13. The average Bonchev–Trinajstić information content (AvgIpc) is 3.09. The Kier molecular flexibility index (Phi) is 2.85. The van der Waals surface area contributed by atoms with Crippen molar-refractivity contribution in [3.8, 4) is 0 Å². The quantitative estimate of drug-likeness (QED) is 0.587. The maximum atomic E-state index is 12.9. The van der Waals surface area contributed by atoms with Gasteiger partial charge in [-0.25, -0.2) is 4.90 Å². The van der Waals surface area contributed by atoms with E-state index in [1.165, 1.54) is 16.0 Å². The number of amides is 2. The summed E-state index contributed by atoms with van der Waals surface area (Å²) in [6, 6.07) is 6.94. The fourth-order valence-electron chi connectivity index (χ4n) is 4.30. The van der Waals surface area contributed by atoms with E-state index in [2.05, 4.69) is 26.0 Å². The molecule has 4 heteroatoms. The van der Waals surface area contributed by atoms with Crippen LogP contribution in [0.3, 0.4) is 0 Å². The third kappa shape index (κ3) is 1.63. The largest absolute Gasteiger partial charge is 0.274 e. The Hall–Kier alpha value is -1.87. The smallest absolute Gasteiger partial charge is 0.238 e. The maximum Gasteiger partial charge on any atom is 0.238 e. The van der Waals surface area contributed by atoms with E-state index in [0.717, 1.165) is 0 Å². The Balaban J connectivity index is 1.78. The molecule has 0 aromatic heterocycles. The first-order valence-electron chi connectivity index (χ1n) is 7.49. The molecule has 0 spiro atoms. The Bertz CT molecular complexity index is 726. The van der Waals surface area contributed by atoms with Gasteiger partial charge in [0.05, 0.1) is 17.5 Å². The van der Waals surface area contributed by atoms with Gasteiger partial charge < -0.3 is 0 Å². The molecule has 1 aliphatic heterocycles. The summed E-state index contributed by atoms with van der Waals surface area (Å²) in [5.41, 5.74) is 3.07. The minimum Gasteiger partial charge on any atom is -0.274 e. The number of halogens is 1. The third-order valence-corrected chi connectivity index (χ3v) is 5.29. The molecule has 1 saturated carbocycles. The highest BCUT2D eigenvalue weighted by Crippen LogP contribution is 2.57. The topological polar surface area (TPSA) is 37.4 Å². The molecule has 0 radical (unpaired) electrons. The van der Waals surface area contributed by atoms with Crippen LogP contribution in [-0.4, -0.2) is 11.8 Å². The Morgan fingerprint density at radius 3 is 2.14 bits per heavy atom. The van der Waals surface area contributed by atoms with Crippen LogP contribution in [0.15, 0.2) is 47.6 Å². The van der Waals surface area contributed by atoms with Crippen LogP contribution in [0, 0.1) is 23.7 Å². The lowest BCUT2D eigenvalue weighted by atomic mass is 9.85. The number of imide groups is 1. The third-order valence-electron chi connectivity index (χ3n) is 5.06. The summed E-state index contributed by atoms with van der Waals surface area (Å²) < 4.78 is 0. The average molecular weight is 314 g/mol. The first-order chi connectivity index (χ1) is 10.5. The molecule has 1 aromatic carbocycles. The zero-order valence-electron chi connectivity index (χ0n) is 12.4. The van der Waals surface area contributed by atoms with Crippen molar-refractivity contribution >= 4 is 29.1 Å². The number of allylic oxidation sites excluding steroid dienone is 4. The molecule has 1 saturated heterocycles.